The van der Waals surface area contributed by atoms with E-state index in [9.17, 15) is 4.79 Å². The highest BCUT2D eigenvalue weighted by atomic mass is 16.5. The Labute approximate surface area is 119 Å². The number of hydrogen-bond acceptors (Lipinski definition) is 2. The number of unbranched alkanes of at least 4 members (excludes halogenated alkanes) is 6. The molecule has 0 aliphatic rings. The number of hydrogen-bond donors (Lipinski definition) is 0. The first-order valence-corrected chi connectivity index (χ1v) is 7.99. The normalized spacial score (nSPS) is 12.1. The third-order valence-corrected chi connectivity index (χ3v) is 3.55. The van der Waals surface area contributed by atoms with E-state index >= 15 is 0 Å². The molecule has 0 bridgehead atoms. The van der Waals surface area contributed by atoms with Gasteiger partial charge in [-0.1, -0.05) is 78.2 Å². The molecule has 0 aromatic carbocycles. The molecule has 1 atom stereocenters. The molecule has 0 aromatic rings. The highest BCUT2D eigenvalue weighted by Gasteiger charge is 2.01. The van der Waals surface area contributed by atoms with Crippen LogP contribution in [0.5, 0.6) is 0 Å². The van der Waals surface area contributed by atoms with Gasteiger partial charge in [-0.3, -0.25) is 0 Å². The van der Waals surface area contributed by atoms with Crippen LogP contribution in [0.25, 0.3) is 0 Å². The zero-order chi connectivity index (χ0) is 14.3. The zero-order valence-electron chi connectivity index (χ0n) is 13.0. The average molecular weight is 268 g/mol. The fourth-order valence-electron chi connectivity index (χ4n) is 2.24. The maximum atomic E-state index is 10.8. The number of carbonyl (C=O) groups is 1. The Morgan fingerprint density at radius 1 is 1.05 bits per heavy atom. The van der Waals surface area contributed by atoms with Gasteiger partial charge in [0.25, 0.3) is 0 Å². The Hall–Kier alpha value is -0.790. The molecular formula is C17H32O2. The summed E-state index contributed by atoms with van der Waals surface area (Å²) in [5.41, 5.74) is 0. The lowest BCUT2D eigenvalue weighted by Gasteiger charge is -2.10. The summed E-state index contributed by atoms with van der Waals surface area (Å²) in [5, 5.41) is 0. The predicted octanol–water partition coefficient (Wildman–Crippen LogP) is 5.27. The van der Waals surface area contributed by atoms with Crippen molar-refractivity contribution in [2.75, 3.05) is 6.61 Å². The van der Waals surface area contributed by atoms with Crippen LogP contribution in [-0.2, 0) is 9.53 Å². The van der Waals surface area contributed by atoms with Crippen LogP contribution in [0.2, 0.25) is 0 Å². The van der Waals surface area contributed by atoms with Crippen LogP contribution in [0.15, 0.2) is 12.7 Å². The van der Waals surface area contributed by atoms with Gasteiger partial charge < -0.3 is 4.74 Å². The summed E-state index contributed by atoms with van der Waals surface area (Å²) in [4.78, 5) is 10.8. The lowest BCUT2D eigenvalue weighted by Crippen LogP contribution is -2.01. The van der Waals surface area contributed by atoms with Crippen LogP contribution in [0.1, 0.15) is 78.1 Å². The second kappa shape index (κ2) is 13.6. The molecule has 0 radical (unpaired) electrons. The van der Waals surface area contributed by atoms with E-state index in [1.54, 1.807) is 0 Å². The van der Waals surface area contributed by atoms with Gasteiger partial charge in [0.05, 0.1) is 6.61 Å². The predicted molar refractivity (Wildman–Crippen MR) is 82.2 cm³/mol. The first kappa shape index (κ1) is 18.2. The van der Waals surface area contributed by atoms with Crippen molar-refractivity contribution >= 4 is 5.97 Å². The Balaban J connectivity index is 3.17. The number of ether oxygens (including phenoxy) is 1. The summed E-state index contributed by atoms with van der Waals surface area (Å²) in [6, 6.07) is 0. The molecule has 0 aliphatic carbocycles. The van der Waals surface area contributed by atoms with Crippen molar-refractivity contribution in [3.8, 4) is 0 Å². The van der Waals surface area contributed by atoms with Crippen molar-refractivity contribution in [1.29, 1.82) is 0 Å². The molecule has 0 aliphatic heterocycles. The standard InChI is InChI=1S/C17H32O2/c1-4-6-10-13-16(3)14-11-8-7-9-12-15-19-17(18)5-2/h5,16H,2,4,6-15H2,1,3H3. The minimum atomic E-state index is -0.305. The molecule has 0 aromatic heterocycles. The highest BCUT2D eigenvalue weighted by Crippen LogP contribution is 2.17. The van der Waals surface area contributed by atoms with Crippen molar-refractivity contribution in [1.82, 2.24) is 0 Å². The summed E-state index contributed by atoms with van der Waals surface area (Å²) in [5.74, 6) is 0.584. The molecule has 0 fully saturated rings. The topological polar surface area (TPSA) is 26.3 Å². The van der Waals surface area contributed by atoms with Gasteiger partial charge >= 0.3 is 5.97 Å². The maximum Gasteiger partial charge on any atom is 0.330 e. The second-order valence-corrected chi connectivity index (χ2v) is 5.53. The van der Waals surface area contributed by atoms with Crippen LogP contribution in [0.4, 0.5) is 0 Å². The van der Waals surface area contributed by atoms with E-state index in [0.717, 1.165) is 18.8 Å². The third-order valence-electron chi connectivity index (χ3n) is 3.55. The van der Waals surface area contributed by atoms with E-state index in [2.05, 4.69) is 20.4 Å². The molecule has 19 heavy (non-hydrogen) atoms. The largest absolute Gasteiger partial charge is 0.463 e. The molecule has 112 valence electrons. The molecule has 2 heteroatoms. The fourth-order valence-corrected chi connectivity index (χ4v) is 2.24. The van der Waals surface area contributed by atoms with Gasteiger partial charge in [-0.25, -0.2) is 4.79 Å². The van der Waals surface area contributed by atoms with Gasteiger partial charge in [0, 0.05) is 6.08 Å². The van der Waals surface area contributed by atoms with Crippen LogP contribution < -0.4 is 0 Å². The number of rotatable bonds is 13. The quantitative estimate of drug-likeness (QED) is 0.258. The fraction of sp³-hybridized carbons (Fsp3) is 0.824. The molecule has 0 spiro atoms. The molecule has 0 saturated carbocycles. The summed E-state index contributed by atoms with van der Waals surface area (Å²) >= 11 is 0. The SMILES string of the molecule is C=CC(=O)OCCCCCCCC(C)CCCCC. The van der Waals surface area contributed by atoms with Crippen molar-refractivity contribution in [3.05, 3.63) is 12.7 Å². The summed E-state index contributed by atoms with van der Waals surface area (Å²) in [7, 11) is 0. The summed E-state index contributed by atoms with van der Waals surface area (Å²) < 4.78 is 4.93. The van der Waals surface area contributed by atoms with E-state index in [1.165, 1.54) is 57.4 Å². The van der Waals surface area contributed by atoms with Crippen molar-refractivity contribution in [2.45, 2.75) is 78.1 Å². The molecule has 0 heterocycles. The Kier molecular flexibility index (Phi) is 13.1. The monoisotopic (exact) mass is 268 g/mol. The molecular weight excluding hydrogens is 236 g/mol. The van der Waals surface area contributed by atoms with Gasteiger partial charge in [-0.2, -0.15) is 0 Å². The van der Waals surface area contributed by atoms with E-state index in [1.807, 2.05) is 0 Å². The summed E-state index contributed by atoms with van der Waals surface area (Å²) in [6.45, 7) is 8.55. The molecule has 0 amide bonds. The Morgan fingerprint density at radius 2 is 1.63 bits per heavy atom. The molecule has 2 nitrogen and oxygen atoms in total. The van der Waals surface area contributed by atoms with Crippen molar-refractivity contribution < 1.29 is 9.53 Å². The van der Waals surface area contributed by atoms with Gasteiger partial charge in [0.2, 0.25) is 0 Å². The van der Waals surface area contributed by atoms with E-state index in [0.29, 0.717) is 6.61 Å². The second-order valence-electron chi connectivity index (χ2n) is 5.53. The first-order chi connectivity index (χ1) is 9.20. The van der Waals surface area contributed by atoms with E-state index < -0.39 is 0 Å². The third kappa shape index (κ3) is 13.4. The molecule has 1 unspecified atom stereocenters. The average Bonchev–Trinajstić information content (AvgIpc) is 2.41. The Morgan fingerprint density at radius 3 is 2.26 bits per heavy atom. The van der Waals surface area contributed by atoms with Gasteiger partial charge in [-0.05, 0) is 12.3 Å². The van der Waals surface area contributed by atoms with Gasteiger partial charge in [-0.15, -0.1) is 0 Å². The van der Waals surface area contributed by atoms with E-state index in [4.69, 9.17) is 4.74 Å². The van der Waals surface area contributed by atoms with Crippen LogP contribution in [-0.4, -0.2) is 12.6 Å². The maximum absolute atomic E-state index is 10.8. The smallest absolute Gasteiger partial charge is 0.330 e. The van der Waals surface area contributed by atoms with Crippen LogP contribution >= 0.6 is 0 Å². The zero-order valence-corrected chi connectivity index (χ0v) is 13.0. The van der Waals surface area contributed by atoms with E-state index in [-0.39, 0.29) is 5.97 Å². The summed E-state index contributed by atoms with van der Waals surface area (Å²) in [6.07, 6.45) is 14.1. The molecule has 0 rings (SSSR count). The van der Waals surface area contributed by atoms with Gasteiger partial charge in [0.1, 0.15) is 0 Å². The highest BCUT2D eigenvalue weighted by molar-refractivity contribution is 5.81. The lowest BCUT2D eigenvalue weighted by atomic mass is 9.96. The first-order valence-electron chi connectivity index (χ1n) is 7.99. The number of carbonyl (C=O) groups excluding carboxylic acids is 1. The van der Waals surface area contributed by atoms with Crippen LogP contribution in [0, 0.1) is 5.92 Å². The van der Waals surface area contributed by atoms with Crippen LogP contribution in [0.3, 0.4) is 0 Å². The van der Waals surface area contributed by atoms with Gasteiger partial charge in [0.15, 0.2) is 0 Å². The number of esters is 1. The lowest BCUT2D eigenvalue weighted by molar-refractivity contribution is -0.137. The molecule has 0 N–H and O–H groups in total. The molecule has 0 saturated heterocycles. The van der Waals surface area contributed by atoms with Crippen molar-refractivity contribution in [3.63, 3.8) is 0 Å². The minimum Gasteiger partial charge on any atom is -0.463 e. The minimum absolute atomic E-state index is 0.305. The van der Waals surface area contributed by atoms with Crippen molar-refractivity contribution in [2.24, 2.45) is 5.92 Å². The Bertz CT molecular complexity index is 223.